The Morgan fingerprint density at radius 2 is 1.95 bits per heavy atom. The number of carbonyl (C=O) groups is 1. The number of piperidine rings is 1. The third-order valence-corrected chi connectivity index (χ3v) is 5.07. The summed E-state index contributed by atoms with van der Waals surface area (Å²) in [6, 6.07) is 6.10. The third-order valence-electron chi connectivity index (χ3n) is 5.07. The quantitative estimate of drug-likeness (QED) is 0.856. The van der Waals surface area contributed by atoms with Crippen LogP contribution in [-0.2, 0) is 6.42 Å². The van der Waals surface area contributed by atoms with E-state index < -0.39 is 0 Å². The molecule has 1 fully saturated rings. The van der Waals surface area contributed by atoms with Crippen LogP contribution < -0.4 is 5.32 Å². The SMILES string of the molecule is CC(C)(C)C1CCN(C(=O)c2ccc3c(c2)CCN3)CC1. The topological polar surface area (TPSA) is 32.3 Å². The summed E-state index contributed by atoms with van der Waals surface area (Å²) in [7, 11) is 0. The number of rotatable bonds is 1. The van der Waals surface area contributed by atoms with Gasteiger partial charge in [0.05, 0.1) is 0 Å². The molecule has 0 aromatic heterocycles. The van der Waals surface area contributed by atoms with E-state index in [1.165, 1.54) is 11.3 Å². The summed E-state index contributed by atoms with van der Waals surface area (Å²) in [6.45, 7) is 9.71. The first-order valence-electron chi connectivity index (χ1n) is 8.11. The molecule has 0 bridgehead atoms. The molecule has 3 heteroatoms. The molecule has 2 heterocycles. The number of fused-ring (bicyclic) bond motifs is 1. The van der Waals surface area contributed by atoms with Crippen LogP contribution in [0.2, 0.25) is 0 Å². The van der Waals surface area contributed by atoms with Gasteiger partial charge in [0.1, 0.15) is 0 Å². The van der Waals surface area contributed by atoms with Crippen LogP contribution in [0.3, 0.4) is 0 Å². The number of hydrogen-bond donors (Lipinski definition) is 1. The van der Waals surface area contributed by atoms with E-state index in [0.717, 1.165) is 50.4 Å². The lowest BCUT2D eigenvalue weighted by molar-refractivity contribution is 0.0608. The molecular formula is C18H26N2O. The molecule has 0 radical (unpaired) electrons. The van der Waals surface area contributed by atoms with Crippen molar-refractivity contribution in [2.45, 2.75) is 40.0 Å². The zero-order valence-corrected chi connectivity index (χ0v) is 13.4. The fourth-order valence-corrected chi connectivity index (χ4v) is 3.57. The van der Waals surface area contributed by atoms with Crippen LogP contribution in [0.25, 0.3) is 0 Å². The number of benzene rings is 1. The van der Waals surface area contributed by atoms with Gasteiger partial charge in [-0.3, -0.25) is 4.79 Å². The van der Waals surface area contributed by atoms with Crippen molar-refractivity contribution in [3.8, 4) is 0 Å². The van der Waals surface area contributed by atoms with Crippen molar-refractivity contribution in [2.24, 2.45) is 11.3 Å². The molecule has 0 saturated carbocycles. The second-order valence-electron chi connectivity index (χ2n) is 7.48. The molecule has 0 atom stereocenters. The molecule has 0 spiro atoms. The largest absolute Gasteiger partial charge is 0.384 e. The van der Waals surface area contributed by atoms with Gasteiger partial charge in [0.25, 0.3) is 5.91 Å². The first kappa shape index (κ1) is 14.4. The van der Waals surface area contributed by atoms with Crippen molar-refractivity contribution in [1.29, 1.82) is 0 Å². The minimum atomic E-state index is 0.206. The number of hydrogen-bond acceptors (Lipinski definition) is 2. The van der Waals surface area contributed by atoms with Gasteiger partial charge in [-0.1, -0.05) is 20.8 Å². The van der Waals surface area contributed by atoms with Crippen molar-refractivity contribution in [3.05, 3.63) is 29.3 Å². The van der Waals surface area contributed by atoms with Crippen LogP contribution in [0.15, 0.2) is 18.2 Å². The van der Waals surface area contributed by atoms with E-state index >= 15 is 0 Å². The first-order valence-corrected chi connectivity index (χ1v) is 8.11. The Bertz CT molecular complexity index is 537. The fraction of sp³-hybridized carbons (Fsp3) is 0.611. The summed E-state index contributed by atoms with van der Waals surface area (Å²) < 4.78 is 0. The van der Waals surface area contributed by atoms with Crippen LogP contribution in [0.4, 0.5) is 5.69 Å². The van der Waals surface area contributed by atoms with Crippen LogP contribution in [0.5, 0.6) is 0 Å². The van der Waals surface area contributed by atoms with Crippen molar-refractivity contribution in [2.75, 3.05) is 25.0 Å². The molecule has 2 aliphatic rings. The Balaban J connectivity index is 1.67. The number of nitrogens with one attached hydrogen (secondary N) is 1. The Morgan fingerprint density at radius 1 is 1.24 bits per heavy atom. The van der Waals surface area contributed by atoms with Crippen LogP contribution in [0, 0.1) is 11.3 Å². The molecule has 114 valence electrons. The highest BCUT2D eigenvalue weighted by atomic mass is 16.2. The highest BCUT2D eigenvalue weighted by Gasteiger charge is 2.30. The molecule has 21 heavy (non-hydrogen) atoms. The van der Waals surface area contributed by atoms with E-state index in [1.54, 1.807) is 0 Å². The minimum Gasteiger partial charge on any atom is -0.384 e. The second kappa shape index (κ2) is 5.36. The molecule has 1 aromatic rings. The van der Waals surface area contributed by atoms with E-state index in [9.17, 15) is 4.79 Å². The molecule has 3 nitrogen and oxygen atoms in total. The Morgan fingerprint density at radius 3 is 2.62 bits per heavy atom. The van der Waals surface area contributed by atoms with Gasteiger partial charge in [0.2, 0.25) is 0 Å². The number of likely N-dealkylation sites (tertiary alicyclic amines) is 1. The van der Waals surface area contributed by atoms with E-state index in [-0.39, 0.29) is 5.91 Å². The normalized spacial score (nSPS) is 19.3. The van der Waals surface area contributed by atoms with E-state index in [4.69, 9.17) is 0 Å². The number of nitrogens with zero attached hydrogens (tertiary/aromatic N) is 1. The number of amides is 1. The molecule has 1 amide bonds. The Hall–Kier alpha value is -1.51. The summed E-state index contributed by atoms with van der Waals surface area (Å²) in [5, 5.41) is 3.34. The van der Waals surface area contributed by atoms with Gasteiger partial charge in [-0.15, -0.1) is 0 Å². The van der Waals surface area contributed by atoms with Gasteiger partial charge in [0, 0.05) is 30.9 Å². The minimum absolute atomic E-state index is 0.206. The highest BCUT2D eigenvalue weighted by Crippen LogP contribution is 2.34. The monoisotopic (exact) mass is 286 g/mol. The van der Waals surface area contributed by atoms with Crippen LogP contribution >= 0.6 is 0 Å². The Labute approximate surface area is 127 Å². The lowest BCUT2D eigenvalue weighted by Gasteiger charge is -2.38. The molecule has 1 saturated heterocycles. The Kier molecular flexibility index (Phi) is 3.68. The van der Waals surface area contributed by atoms with Crippen LogP contribution in [0.1, 0.15) is 49.5 Å². The van der Waals surface area contributed by atoms with Crippen molar-refractivity contribution in [1.82, 2.24) is 4.90 Å². The molecule has 3 rings (SSSR count). The zero-order valence-electron chi connectivity index (χ0n) is 13.4. The number of carbonyl (C=O) groups excluding carboxylic acids is 1. The molecule has 0 aliphatic carbocycles. The standard InChI is InChI=1S/C18H26N2O/c1-18(2,3)15-7-10-20(11-8-15)17(21)14-4-5-16-13(12-14)6-9-19-16/h4-5,12,15,19H,6-11H2,1-3H3. The predicted octanol–water partition coefficient (Wildman–Crippen LogP) is 3.55. The maximum atomic E-state index is 12.7. The second-order valence-corrected chi connectivity index (χ2v) is 7.48. The van der Waals surface area contributed by atoms with Crippen LogP contribution in [-0.4, -0.2) is 30.4 Å². The zero-order chi connectivity index (χ0) is 15.0. The lowest BCUT2D eigenvalue weighted by atomic mass is 9.75. The van der Waals surface area contributed by atoms with Gasteiger partial charge in [-0.2, -0.15) is 0 Å². The molecule has 2 aliphatic heterocycles. The fourth-order valence-electron chi connectivity index (χ4n) is 3.57. The van der Waals surface area contributed by atoms with Gasteiger partial charge < -0.3 is 10.2 Å². The highest BCUT2D eigenvalue weighted by molar-refractivity contribution is 5.95. The predicted molar refractivity (Wildman–Crippen MR) is 86.7 cm³/mol. The van der Waals surface area contributed by atoms with Gasteiger partial charge in [0.15, 0.2) is 0 Å². The summed E-state index contributed by atoms with van der Waals surface area (Å²) in [5.74, 6) is 0.933. The van der Waals surface area contributed by atoms with E-state index in [0.29, 0.717) is 5.41 Å². The van der Waals surface area contributed by atoms with Gasteiger partial charge >= 0.3 is 0 Å². The molecular weight excluding hydrogens is 260 g/mol. The smallest absolute Gasteiger partial charge is 0.253 e. The summed E-state index contributed by atoms with van der Waals surface area (Å²) >= 11 is 0. The van der Waals surface area contributed by atoms with E-state index in [2.05, 4.69) is 38.2 Å². The average Bonchev–Trinajstić information content (AvgIpc) is 2.93. The van der Waals surface area contributed by atoms with E-state index in [1.807, 2.05) is 11.0 Å². The maximum Gasteiger partial charge on any atom is 0.253 e. The summed E-state index contributed by atoms with van der Waals surface area (Å²) in [5.41, 5.74) is 3.68. The molecule has 1 N–H and O–H groups in total. The third kappa shape index (κ3) is 2.92. The molecule has 0 unspecified atom stereocenters. The first-order chi connectivity index (χ1) is 9.95. The van der Waals surface area contributed by atoms with Crippen molar-refractivity contribution in [3.63, 3.8) is 0 Å². The summed E-state index contributed by atoms with van der Waals surface area (Å²) in [6.07, 6.45) is 3.28. The van der Waals surface area contributed by atoms with Gasteiger partial charge in [-0.25, -0.2) is 0 Å². The van der Waals surface area contributed by atoms with Crippen molar-refractivity contribution >= 4 is 11.6 Å². The maximum absolute atomic E-state index is 12.7. The molecule has 1 aromatic carbocycles. The average molecular weight is 286 g/mol. The lowest BCUT2D eigenvalue weighted by Crippen LogP contribution is -2.41. The number of anilines is 1. The summed E-state index contributed by atoms with van der Waals surface area (Å²) in [4.78, 5) is 14.7. The van der Waals surface area contributed by atoms with Crippen molar-refractivity contribution < 1.29 is 4.79 Å². The van der Waals surface area contributed by atoms with Gasteiger partial charge in [-0.05, 0) is 54.4 Å².